The van der Waals surface area contributed by atoms with Crippen LogP contribution >= 0.6 is 0 Å². The van der Waals surface area contributed by atoms with E-state index in [0.717, 1.165) is 9.25 Å². The fourth-order valence-electron chi connectivity index (χ4n) is 1.46. The summed E-state index contributed by atoms with van der Waals surface area (Å²) in [6.45, 7) is 0. The molecule has 1 aromatic heterocycles. The molecular formula is C11H12N4O2. The Balaban J connectivity index is 2.61. The van der Waals surface area contributed by atoms with Gasteiger partial charge in [-0.25, -0.2) is 9.36 Å². The van der Waals surface area contributed by atoms with Crippen LogP contribution in [0, 0.1) is 0 Å². The highest BCUT2D eigenvalue weighted by atomic mass is 16.3. The van der Waals surface area contributed by atoms with E-state index in [0.29, 0.717) is 5.69 Å². The van der Waals surface area contributed by atoms with Crippen LogP contribution in [0.1, 0.15) is 0 Å². The molecule has 0 amide bonds. The Bertz CT molecular complexity index is 606. The van der Waals surface area contributed by atoms with Gasteiger partial charge in [-0.15, -0.1) is 0 Å². The van der Waals surface area contributed by atoms with Crippen LogP contribution in [0.5, 0.6) is 6.01 Å². The second-order valence-corrected chi connectivity index (χ2v) is 3.76. The minimum atomic E-state index is -0.584. The summed E-state index contributed by atoms with van der Waals surface area (Å²) in [6.07, 6.45) is 1.45. The van der Waals surface area contributed by atoms with Gasteiger partial charge < -0.3 is 5.11 Å². The predicted octanol–water partition coefficient (Wildman–Crippen LogP) is -0.744. The van der Waals surface area contributed by atoms with E-state index in [1.165, 1.54) is 6.34 Å². The zero-order chi connectivity index (χ0) is 12.4. The lowest BCUT2D eigenvalue weighted by atomic mass is 10.3. The Hall–Kier alpha value is -2.37. The van der Waals surface area contributed by atoms with E-state index in [-0.39, 0.29) is 0 Å². The molecule has 0 aliphatic heterocycles. The molecule has 17 heavy (non-hydrogen) atoms. The van der Waals surface area contributed by atoms with Gasteiger partial charge in [-0.3, -0.25) is 4.58 Å². The Morgan fingerprint density at radius 3 is 2.53 bits per heavy atom. The Labute approximate surface area is 97.7 Å². The van der Waals surface area contributed by atoms with Crippen LogP contribution in [-0.4, -0.2) is 39.4 Å². The topological polar surface area (TPSA) is 65.9 Å². The van der Waals surface area contributed by atoms with Crippen molar-refractivity contribution in [2.75, 3.05) is 14.1 Å². The molecule has 2 aromatic rings. The number of aromatic nitrogens is 3. The molecular weight excluding hydrogens is 220 g/mol. The number of hydrogen-bond donors (Lipinski definition) is 0. The number of rotatable bonds is 2. The van der Waals surface area contributed by atoms with Gasteiger partial charge in [-0.2, -0.15) is 0 Å². The first-order valence-electron chi connectivity index (χ1n) is 5.05. The van der Waals surface area contributed by atoms with Crippen molar-refractivity contribution in [3.05, 3.63) is 40.8 Å². The minimum Gasteiger partial charge on any atom is -0.843 e. The minimum absolute atomic E-state index is 0.477. The number of nitrogens with zero attached hydrogens (tertiary/aromatic N) is 4. The maximum atomic E-state index is 11.9. The second-order valence-electron chi connectivity index (χ2n) is 3.76. The van der Waals surface area contributed by atoms with Gasteiger partial charge in [-0.1, -0.05) is 23.3 Å². The van der Waals surface area contributed by atoms with Gasteiger partial charge in [0.15, 0.2) is 0 Å². The average molecular weight is 232 g/mol. The fourth-order valence-corrected chi connectivity index (χ4v) is 1.46. The van der Waals surface area contributed by atoms with Crippen LogP contribution in [0.3, 0.4) is 0 Å². The maximum absolute atomic E-state index is 11.9. The van der Waals surface area contributed by atoms with Gasteiger partial charge in [0.1, 0.15) is 6.01 Å². The van der Waals surface area contributed by atoms with Crippen molar-refractivity contribution < 1.29 is 9.68 Å². The normalized spacial score (nSPS) is 10.2. The standard InChI is InChI=1S/C11H12N4O2/c1-13(2)8-14-11(17)15(10(16)12-14)9-6-4-3-5-7-9/h3-8H,1-2H3. The Morgan fingerprint density at radius 1 is 1.29 bits per heavy atom. The highest BCUT2D eigenvalue weighted by Crippen LogP contribution is 2.07. The van der Waals surface area contributed by atoms with Crippen LogP contribution in [0.15, 0.2) is 35.1 Å². The molecule has 0 spiro atoms. The third-order valence-electron chi connectivity index (χ3n) is 2.13. The summed E-state index contributed by atoms with van der Waals surface area (Å²) in [5.41, 5.74) is 0.0378. The molecule has 0 N–H and O–H groups in total. The summed E-state index contributed by atoms with van der Waals surface area (Å²) in [7, 11) is 3.50. The molecule has 0 fully saturated rings. The Kier molecular flexibility index (Phi) is 2.78. The molecule has 1 heterocycles. The molecule has 0 radical (unpaired) electrons. The molecule has 88 valence electrons. The van der Waals surface area contributed by atoms with Crippen molar-refractivity contribution in [1.29, 1.82) is 0 Å². The molecule has 0 aliphatic rings. The van der Waals surface area contributed by atoms with E-state index in [2.05, 4.69) is 5.10 Å². The van der Waals surface area contributed by atoms with E-state index < -0.39 is 11.7 Å². The average Bonchev–Trinajstić information content (AvgIpc) is 2.54. The van der Waals surface area contributed by atoms with E-state index in [1.54, 1.807) is 42.9 Å². The van der Waals surface area contributed by atoms with E-state index >= 15 is 0 Å². The molecule has 6 heteroatoms. The molecule has 0 saturated carbocycles. The molecule has 6 nitrogen and oxygen atoms in total. The summed E-state index contributed by atoms with van der Waals surface area (Å²) in [5.74, 6) is 0. The summed E-state index contributed by atoms with van der Waals surface area (Å²) >= 11 is 0. The third kappa shape index (κ3) is 2.10. The quantitative estimate of drug-likeness (QED) is 0.389. The fraction of sp³-hybridized carbons (Fsp3) is 0.182. The van der Waals surface area contributed by atoms with Crippen molar-refractivity contribution in [2.45, 2.75) is 0 Å². The van der Waals surface area contributed by atoms with Crippen LogP contribution in [0.2, 0.25) is 0 Å². The van der Waals surface area contributed by atoms with Crippen molar-refractivity contribution >= 4 is 6.34 Å². The maximum Gasteiger partial charge on any atom is 0.446 e. The van der Waals surface area contributed by atoms with Gasteiger partial charge in [0, 0.05) is 0 Å². The highest BCUT2D eigenvalue weighted by molar-refractivity contribution is 5.51. The van der Waals surface area contributed by atoms with Gasteiger partial charge in [0.2, 0.25) is 0 Å². The highest BCUT2D eigenvalue weighted by Gasteiger charge is 2.12. The number of para-hydroxylation sites is 1. The molecule has 2 rings (SSSR count). The summed E-state index contributed by atoms with van der Waals surface area (Å²) in [4.78, 5) is 11.9. The van der Waals surface area contributed by atoms with Gasteiger partial charge in [-0.05, 0) is 16.8 Å². The summed E-state index contributed by atoms with van der Waals surface area (Å²) < 4.78 is 3.69. The predicted molar refractivity (Wildman–Crippen MR) is 60.8 cm³/mol. The van der Waals surface area contributed by atoms with Crippen molar-refractivity contribution in [1.82, 2.24) is 14.3 Å². The first kappa shape index (κ1) is 11.1. The number of hydrogen-bond acceptors (Lipinski definition) is 3. The first-order chi connectivity index (χ1) is 8.09. The first-order valence-corrected chi connectivity index (χ1v) is 5.05. The van der Waals surface area contributed by atoms with Gasteiger partial charge >= 0.3 is 5.69 Å². The molecule has 1 aromatic carbocycles. The van der Waals surface area contributed by atoms with Gasteiger partial charge in [0.25, 0.3) is 6.34 Å². The van der Waals surface area contributed by atoms with E-state index in [4.69, 9.17) is 0 Å². The third-order valence-corrected chi connectivity index (χ3v) is 2.13. The van der Waals surface area contributed by atoms with Crippen LogP contribution < -0.4 is 10.8 Å². The Morgan fingerprint density at radius 2 is 1.94 bits per heavy atom. The van der Waals surface area contributed by atoms with E-state index in [1.807, 2.05) is 6.07 Å². The monoisotopic (exact) mass is 232 g/mol. The zero-order valence-electron chi connectivity index (χ0n) is 9.57. The molecule has 0 bridgehead atoms. The molecule has 0 unspecified atom stereocenters. The van der Waals surface area contributed by atoms with Crippen LogP contribution in [0.4, 0.5) is 0 Å². The zero-order valence-corrected chi connectivity index (χ0v) is 9.57. The van der Waals surface area contributed by atoms with Crippen molar-refractivity contribution in [3.63, 3.8) is 0 Å². The smallest absolute Gasteiger partial charge is 0.446 e. The molecule has 0 aliphatic carbocycles. The lowest BCUT2D eigenvalue weighted by molar-refractivity contribution is -0.461. The number of benzene rings is 1. The van der Waals surface area contributed by atoms with Crippen molar-refractivity contribution in [2.24, 2.45) is 0 Å². The summed E-state index contributed by atoms with van der Waals surface area (Å²) in [6, 6.07) is 8.12. The molecule has 0 atom stereocenters. The largest absolute Gasteiger partial charge is 0.843 e. The van der Waals surface area contributed by atoms with Crippen LogP contribution in [0.25, 0.3) is 5.69 Å². The second kappa shape index (κ2) is 4.25. The van der Waals surface area contributed by atoms with E-state index in [9.17, 15) is 9.90 Å². The SMILES string of the molecule is C[N+](C)=Cn1nc([O-])n(-c2ccccc2)c1=O. The molecule has 0 saturated heterocycles. The summed E-state index contributed by atoms with van der Waals surface area (Å²) in [5, 5.41) is 15.3. The van der Waals surface area contributed by atoms with Crippen molar-refractivity contribution in [3.8, 4) is 11.7 Å². The lowest BCUT2D eigenvalue weighted by Crippen LogP contribution is -2.26. The van der Waals surface area contributed by atoms with Crippen LogP contribution in [-0.2, 0) is 0 Å². The van der Waals surface area contributed by atoms with Gasteiger partial charge in [0.05, 0.1) is 19.8 Å². The lowest BCUT2D eigenvalue weighted by Gasteiger charge is -2.04.